The molecule has 1 N–H and O–H groups in total. The Bertz CT molecular complexity index is 714. The van der Waals surface area contributed by atoms with Crippen LogP contribution >= 0.6 is 0 Å². The lowest BCUT2D eigenvalue weighted by Crippen LogP contribution is -2.30. The number of allylic oxidation sites excluding steroid dienone is 2. The Morgan fingerprint density at radius 1 is 1.03 bits per heavy atom. The molecule has 0 fully saturated rings. The first-order valence-electron chi connectivity index (χ1n) is 9.73. The summed E-state index contributed by atoms with van der Waals surface area (Å²) in [5.41, 5.74) is 2.76. The Kier molecular flexibility index (Phi) is 13.1. The van der Waals surface area contributed by atoms with Crippen LogP contribution in [0.4, 0.5) is 0 Å². The number of nitrogens with one attached hydrogen (secondary N) is 1. The van der Waals surface area contributed by atoms with Gasteiger partial charge in [0.1, 0.15) is 6.61 Å². The number of ketones is 1. The van der Waals surface area contributed by atoms with Crippen molar-refractivity contribution < 1.29 is 19.1 Å². The number of benzene rings is 1. The second-order valence-corrected chi connectivity index (χ2v) is 7.13. The van der Waals surface area contributed by atoms with Crippen molar-refractivity contribution in [2.75, 3.05) is 40.9 Å². The van der Waals surface area contributed by atoms with Crippen molar-refractivity contribution in [2.24, 2.45) is 0 Å². The zero-order chi connectivity index (χ0) is 21.8. The van der Waals surface area contributed by atoms with Gasteiger partial charge in [-0.3, -0.25) is 14.4 Å². The molecule has 0 bridgehead atoms. The molecule has 168 valence electrons. The lowest BCUT2D eigenvalue weighted by molar-refractivity contribution is -0.135. The fourth-order valence-electron chi connectivity index (χ4n) is 2.52. The maximum atomic E-state index is 12.2. The number of carbonyl (C=O) groups excluding carboxylic acids is 3. The van der Waals surface area contributed by atoms with Gasteiger partial charge in [-0.2, -0.15) is 0 Å². The molecule has 1 aromatic carbocycles. The van der Waals surface area contributed by atoms with Gasteiger partial charge in [0.15, 0.2) is 5.78 Å². The average Bonchev–Trinajstić information content (AvgIpc) is 2.68. The number of ether oxygens (including phenoxy) is 1. The van der Waals surface area contributed by atoms with Crippen molar-refractivity contribution in [3.05, 3.63) is 47.2 Å². The Hall–Kier alpha value is -2.67. The smallest absolute Gasteiger partial charge is 0.248 e. The highest BCUT2D eigenvalue weighted by Crippen LogP contribution is 2.09. The first-order valence-corrected chi connectivity index (χ1v) is 9.73. The standard InChI is InChI=1S/C22H33N3O4.CH4/c1-17(23-3)13-21(27)14-19-7-9-20(10-8-19)15-25(5)22(28)16-29-12-6-11-24(4)18(2)26;/h7-10,13,23H,6,11-12,14-16H2,1-5H3;1H4/b17-13-;. The molecule has 7 nitrogen and oxygen atoms in total. The minimum absolute atomic E-state index is 0. The molecular formula is C23H37N3O4. The number of hydrogen-bond acceptors (Lipinski definition) is 5. The largest absolute Gasteiger partial charge is 0.392 e. The molecule has 0 radical (unpaired) electrons. The number of likely N-dealkylation sites (N-methyl/N-ethyl adjacent to an activating group) is 1. The Morgan fingerprint density at radius 3 is 2.20 bits per heavy atom. The summed E-state index contributed by atoms with van der Waals surface area (Å²) in [7, 11) is 5.25. The summed E-state index contributed by atoms with van der Waals surface area (Å²) in [5.74, 6) is -0.0406. The van der Waals surface area contributed by atoms with E-state index in [4.69, 9.17) is 4.74 Å². The van der Waals surface area contributed by atoms with E-state index >= 15 is 0 Å². The maximum absolute atomic E-state index is 12.2. The molecule has 1 aromatic rings. The summed E-state index contributed by atoms with van der Waals surface area (Å²) in [6, 6.07) is 7.69. The van der Waals surface area contributed by atoms with Gasteiger partial charge < -0.3 is 19.9 Å². The van der Waals surface area contributed by atoms with Crippen molar-refractivity contribution in [1.29, 1.82) is 0 Å². The van der Waals surface area contributed by atoms with E-state index < -0.39 is 0 Å². The van der Waals surface area contributed by atoms with Crippen LogP contribution in [0.3, 0.4) is 0 Å². The van der Waals surface area contributed by atoms with Crippen molar-refractivity contribution in [1.82, 2.24) is 15.1 Å². The zero-order valence-electron chi connectivity index (χ0n) is 18.2. The highest BCUT2D eigenvalue weighted by Gasteiger charge is 2.10. The van der Waals surface area contributed by atoms with Crippen LogP contribution in [0.5, 0.6) is 0 Å². The third-order valence-electron chi connectivity index (χ3n) is 4.56. The summed E-state index contributed by atoms with van der Waals surface area (Å²) in [6.07, 6.45) is 2.63. The number of rotatable bonds is 12. The Morgan fingerprint density at radius 2 is 1.63 bits per heavy atom. The van der Waals surface area contributed by atoms with Crippen LogP contribution in [-0.4, -0.2) is 68.3 Å². The second kappa shape index (κ2) is 14.3. The number of hydrogen-bond donors (Lipinski definition) is 1. The van der Waals surface area contributed by atoms with E-state index in [1.54, 1.807) is 37.0 Å². The van der Waals surface area contributed by atoms with Gasteiger partial charge in [-0.25, -0.2) is 0 Å². The minimum atomic E-state index is -0.100. The summed E-state index contributed by atoms with van der Waals surface area (Å²) in [6.45, 7) is 4.90. The molecule has 0 aromatic heterocycles. The highest BCUT2D eigenvalue weighted by atomic mass is 16.5. The third kappa shape index (κ3) is 10.8. The molecule has 0 saturated carbocycles. The van der Waals surface area contributed by atoms with E-state index in [0.717, 1.165) is 16.8 Å². The Balaban J connectivity index is 0.00000841. The summed E-state index contributed by atoms with van der Waals surface area (Å²) < 4.78 is 5.41. The van der Waals surface area contributed by atoms with Gasteiger partial charge in [0, 0.05) is 66.0 Å². The van der Waals surface area contributed by atoms with Crippen molar-refractivity contribution >= 4 is 17.6 Å². The van der Waals surface area contributed by atoms with Gasteiger partial charge in [0.05, 0.1) is 0 Å². The topological polar surface area (TPSA) is 79.0 Å². The maximum Gasteiger partial charge on any atom is 0.248 e. The van der Waals surface area contributed by atoms with Crippen molar-refractivity contribution in [2.45, 2.75) is 40.7 Å². The monoisotopic (exact) mass is 419 g/mol. The predicted octanol–water partition coefficient (Wildman–Crippen LogP) is 2.40. The van der Waals surface area contributed by atoms with Crippen LogP contribution in [-0.2, 0) is 32.1 Å². The van der Waals surface area contributed by atoms with Crippen molar-refractivity contribution in [3.8, 4) is 0 Å². The van der Waals surface area contributed by atoms with E-state index in [9.17, 15) is 14.4 Å². The van der Waals surface area contributed by atoms with Gasteiger partial charge in [0.25, 0.3) is 0 Å². The molecule has 0 atom stereocenters. The third-order valence-corrected chi connectivity index (χ3v) is 4.56. The van der Waals surface area contributed by atoms with Crippen LogP contribution in [0, 0.1) is 0 Å². The molecule has 0 aliphatic rings. The molecule has 0 aliphatic carbocycles. The van der Waals surface area contributed by atoms with Gasteiger partial charge in [-0.15, -0.1) is 0 Å². The first-order chi connectivity index (χ1) is 13.7. The van der Waals surface area contributed by atoms with Crippen LogP contribution < -0.4 is 5.32 Å². The van der Waals surface area contributed by atoms with Crippen LogP contribution in [0.2, 0.25) is 0 Å². The van der Waals surface area contributed by atoms with Crippen LogP contribution in [0.15, 0.2) is 36.0 Å². The van der Waals surface area contributed by atoms with Gasteiger partial charge in [0.2, 0.25) is 11.8 Å². The molecular weight excluding hydrogens is 382 g/mol. The highest BCUT2D eigenvalue weighted by molar-refractivity contribution is 5.91. The number of nitrogens with zero attached hydrogens (tertiary/aromatic N) is 2. The first kappa shape index (κ1) is 27.3. The van der Waals surface area contributed by atoms with E-state index in [1.165, 1.54) is 6.92 Å². The molecule has 0 aliphatic heterocycles. The normalized spacial score (nSPS) is 10.8. The summed E-state index contributed by atoms with van der Waals surface area (Å²) in [5, 5.41) is 2.93. The lowest BCUT2D eigenvalue weighted by Gasteiger charge is -2.18. The predicted molar refractivity (Wildman–Crippen MR) is 120 cm³/mol. The second-order valence-electron chi connectivity index (χ2n) is 7.13. The average molecular weight is 420 g/mol. The number of carbonyl (C=O) groups is 3. The van der Waals surface area contributed by atoms with Crippen LogP contribution in [0.1, 0.15) is 38.8 Å². The van der Waals surface area contributed by atoms with Gasteiger partial charge in [-0.1, -0.05) is 31.7 Å². The van der Waals surface area contributed by atoms with Gasteiger partial charge >= 0.3 is 0 Å². The van der Waals surface area contributed by atoms with Crippen LogP contribution in [0.25, 0.3) is 0 Å². The van der Waals surface area contributed by atoms with Gasteiger partial charge in [-0.05, 0) is 24.5 Å². The molecule has 0 unspecified atom stereocenters. The molecule has 1 rings (SSSR count). The lowest BCUT2D eigenvalue weighted by atomic mass is 10.1. The molecule has 30 heavy (non-hydrogen) atoms. The van der Waals surface area contributed by atoms with E-state index in [-0.39, 0.29) is 31.6 Å². The molecule has 0 spiro atoms. The summed E-state index contributed by atoms with van der Waals surface area (Å²) in [4.78, 5) is 38.5. The SMILES string of the molecule is C.CN/C(C)=C\C(=O)Cc1ccc(CN(C)C(=O)COCCCN(C)C(C)=O)cc1. The fourth-order valence-corrected chi connectivity index (χ4v) is 2.52. The van der Waals surface area contributed by atoms with Crippen molar-refractivity contribution in [3.63, 3.8) is 0 Å². The summed E-state index contributed by atoms with van der Waals surface area (Å²) >= 11 is 0. The number of amides is 2. The Labute approximate surface area is 181 Å². The van der Waals surface area contributed by atoms with E-state index in [0.29, 0.717) is 32.5 Å². The zero-order valence-corrected chi connectivity index (χ0v) is 18.2. The van der Waals surface area contributed by atoms with E-state index in [2.05, 4.69) is 5.32 Å². The molecule has 2 amide bonds. The molecule has 0 saturated heterocycles. The molecule has 0 heterocycles. The molecule has 7 heteroatoms. The quantitative estimate of drug-likeness (QED) is 0.416. The minimum Gasteiger partial charge on any atom is -0.392 e. The van der Waals surface area contributed by atoms with E-state index in [1.807, 2.05) is 31.2 Å². The fraction of sp³-hybridized carbons (Fsp3) is 0.522.